The SMILES string of the molecule is Cc1cccc(CNC(=O)c2ccccc2NC(=O)[C@H](C)OC(C)C)c1. The lowest BCUT2D eigenvalue weighted by atomic mass is 10.1. The highest BCUT2D eigenvalue weighted by molar-refractivity contribution is 6.04. The molecule has 26 heavy (non-hydrogen) atoms. The minimum Gasteiger partial charge on any atom is -0.366 e. The second-order valence-electron chi connectivity index (χ2n) is 6.53. The van der Waals surface area contributed by atoms with Gasteiger partial charge in [-0.15, -0.1) is 0 Å². The van der Waals surface area contributed by atoms with Crippen LogP contribution < -0.4 is 10.6 Å². The molecular weight excluding hydrogens is 328 g/mol. The van der Waals surface area contributed by atoms with E-state index in [-0.39, 0.29) is 17.9 Å². The lowest BCUT2D eigenvalue weighted by Crippen LogP contribution is -2.31. The molecule has 0 aromatic heterocycles. The van der Waals surface area contributed by atoms with Crippen LogP contribution in [0.25, 0.3) is 0 Å². The van der Waals surface area contributed by atoms with Crippen LogP contribution in [0, 0.1) is 6.92 Å². The molecule has 2 rings (SSSR count). The molecule has 0 radical (unpaired) electrons. The van der Waals surface area contributed by atoms with Gasteiger partial charge < -0.3 is 15.4 Å². The van der Waals surface area contributed by atoms with Crippen LogP contribution in [0.1, 0.15) is 42.3 Å². The Morgan fingerprint density at radius 1 is 1.04 bits per heavy atom. The molecule has 0 aliphatic rings. The summed E-state index contributed by atoms with van der Waals surface area (Å²) < 4.78 is 5.49. The van der Waals surface area contributed by atoms with Crippen molar-refractivity contribution < 1.29 is 14.3 Å². The van der Waals surface area contributed by atoms with Gasteiger partial charge in [-0.3, -0.25) is 9.59 Å². The second kappa shape index (κ2) is 9.15. The number of benzene rings is 2. The highest BCUT2D eigenvalue weighted by atomic mass is 16.5. The Morgan fingerprint density at radius 2 is 1.77 bits per heavy atom. The first-order valence-corrected chi connectivity index (χ1v) is 8.76. The Hall–Kier alpha value is -2.66. The van der Waals surface area contributed by atoms with Crippen molar-refractivity contribution >= 4 is 17.5 Å². The third-order valence-electron chi connectivity index (χ3n) is 3.81. The minimum absolute atomic E-state index is 0.0522. The third-order valence-corrected chi connectivity index (χ3v) is 3.81. The highest BCUT2D eigenvalue weighted by Crippen LogP contribution is 2.16. The number of nitrogens with one attached hydrogen (secondary N) is 2. The van der Waals surface area contributed by atoms with E-state index in [1.807, 2.05) is 45.0 Å². The molecule has 0 bridgehead atoms. The lowest BCUT2D eigenvalue weighted by Gasteiger charge is -2.17. The largest absolute Gasteiger partial charge is 0.366 e. The van der Waals surface area contributed by atoms with E-state index in [1.165, 1.54) is 0 Å². The molecule has 1 atom stereocenters. The Labute approximate surface area is 154 Å². The van der Waals surface area contributed by atoms with E-state index >= 15 is 0 Å². The maximum absolute atomic E-state index is 12.6. The Bertz CT molecular complexity index is 771. The zero-order valence-electron chi connectivity index (χ0n) is 15.7. The molecule has 2 aromatic carbocycles. The molecular formula is C21H26N2O3. The Morgan fingerprint density at radius 3 is 2.46 bits per heavy atom. The van der Waals surface area contributed by atoms with Gasteiger partial charge in [0.25, 0.3) is 11.8 Å². The molecule has 0 spiro atoms. The number of rotatable bonds is 7. The van der Waals surface area contributed by atoms with Crippen molar-refractivity contribution in [3.63, 3.8) is 0 Å². The van der Waals surface area contributed by atoms with E-state index in [9.17, 15) is 9.59 Å². The molecule has 138 valence electrons. The molecule has 5 heteroatoms. The van der Waals surface area contributed by atoms with Crippen molar-refractivity contribution in [2.24, 2.45) is 0 Å². The number of amides is 2. The molecule has 0 aliphatic carbocycles. The summed E-state index contributed by atoms with van der Waals surface area (Å²) in [7, 11) is 0. The van der Waals surface area contributed by atoms with Crippen LogP contribution in [0.15, 0.2) is 48.5 Å². The smallest absolute Gasteiger partial charge is 0.253 e. The molecule has 0 saturated heterocycles. The molecule has 0 heterocycles. The van der Waals surface area contributed by atoms with Crippen LogP contribution in [0.3, 0.4) is 0 Å². The summed E-state index contributed by atoms with van der Waals surface area (Å²) in [5, 5.41) is 5.68. The molecule has 5 nitrogen and oxygen atoms in total. The van der Waals surface area contributed by atoms with Gasteiger partial charge >= 0.3 is 0 Å². The fourth-order valence-corrected chi connectivity index (χ4v) is 2.59. The van der Waals surface area contributed by atoms with Gasteiger partial charge in [-0.05, 0) is 45.4 Å². The van der Waals surface area contributed by atoms with Crippen molar-refractivity contribution in [2.45, 2.75) is 46.4 Å². The molecule has 2 N–H and O–H groups in total. The van der Waals surface area contributed by atoms with Crippen LogP contribution in [-0.4, -0.2) is 24.0 Å². The number of hydrogen-bond acceptors (Lipinski definition) is 3. The number of ether oxygens (including phenoxy) is 1. The minimum atomic E-state index is -0.599. The van der Waals surface area contributed by atoms with E-state index in [4.69, 9.17) is 4.74 Å². The Balaban J connectivity index is 2.05. The zero-order chi connectivity index (χ0) is 19.1. The fraction of sp³-hybridized carbons (Fsp3) is 0.333. The first-order valence-electron chi connectivity index (χ1n) is 8.76. The number of carbonyl (C=O) groups excluding carboxylic acids is 2. The molecule has 2 amide bonds. The van der Waals surface area contributed by atoms with Crippen molar-refractivity contribution in [2.75, 3.05) is 5.32 Å². The summed E-state index contributed by atoms with van der Waals surface area (Å²) in [5.41, 5.74) is 3.06. The summed E-state index contributed by atoms with van der Waals surface area (Å²) in [6, 6.07) is 14.9. The first-order chi connectivity index (χ1) is 12.4. The topological polar surface area (TPSA) is 67.4 Å². The average Bonchev–Trinajstić information content (AvgIpc) is 2.59. The number of anilines is 1. The van der Waals surface area contributed by atoms with Crippen LogP contribution in [-0.2, 0) is 16.1 Å². The molecule has 0 aliphatic heterocycles. The fourth-order valence-electron chi connectivity index (χ4n) is 2.59. The quantitative estimate of drug-likeness (QED) is 0.797. The Kier molecular flexibility index (Phi) is 6.92. The predicted molar refractivity (Wildman–Crippen MR) is 103 cm³/mol. The molecule has 0 fully saturated rings. The molecule has 0 unspecified atom stereocenters. The van der Waals surface area contributed by atoms with E-state index in [2.05, 4.69) is 10.6 Å². The predicted octanol–water partition coefficient (Wildman–Crippen LogP) is 3.68. The monoisotopic (exact) mass is 354 g/mol. The zero-order valence-corrected chi connectivity index (χ0v) is 15.7. The molecule has 0 saturated carbocycles. The molecule has 2 aromatic rings. The normalized spacial score (nSPS) is 11.9. The van der Waals surface area contributed by atoms with Crippen molar-refractivity contribution in [3.8, 4) is 0 Å². The van der Waals surface area contributed by atoms with Gasteiger partial charge in [0, 0.05) is 6.54 Å². The van der Waals surface area contributed by atoms with Gasteiger partial charge in [0.05, 0.1) is 17.4 Å². The van der Waals surface area contributed by atoms with Crippen molar-refractivity contribution in [3.05, 3.63) is 65.2 Å². The van der Waals surface area contributed by atoms with Crippen LogP contribution >= 0.6 is 0 Å². The van der Waals surface area contributed by atoms with E-state index in [1.54, 1.807) is 31.2 Å². The number of para-hydroxylation sites is 1. The highest BCUT2D eigenvalue weighted by Gasteiger charge is 2.18. The van der Waals surface area contributed by atoms with Gasteiger partial charge in [0.1, 0.15) is 6.10 Å². The van der Waals surface area contributed by atoms with Crippen LogP contribution in [0.2, 0.25) is 0 Å². The summed E-state index contributed by atoms with van der Waals surface area (Å²) >= 11 is 0. The van der Waals surface area contributed by atoms with Gasteiger partial charge in [0.2, 0.25) is 0 Å². The maximum atomic E-state index is 12.6. The van der Waals surface area contributed by atoms with Crippen molar-refractivity contribution in [1.29, 1.82) is 0 Å². The van der Waals surface area contributed by atoms with E-state index in [0.29, 0.717) is 17.8 Å². The first kappa shape index (κ1) is 19.7. The van der Waals surface area contributed by atoms with Gasteiger partial charge in [-0.25, -0.2) is 0 Å². The lowest BCUT2D eigenvalue weighted by molar-refractivity contribution is -0.128. The maximum Gasteiger partial charge on any atom is 0.253 e. The number of carbonyl (C=O) groups is 2. The standard InChI is InChI=1S/C21H26N2O3/c1-14(2)26-16(4)20(24)23-19-11-6-5-10-18(19)21(25)22-13-17-9-7-8-15(3)12-17/h5-12,14,16H,13H2,1-4H3,(H,22,25)(H,23,24)/t16-/m0/s1. The van der Waals surface area contributed by atoms with Gasteiger partial charge in [-0.1, -0.05) is 42.0 Å². The van der Waals surface area contributed by atoms with Gasteiger partial charge in [0.15, 0.2) is 0 Å². The van der Waals surface area contributed by atoms with Gasteiger partial charge in [-0.2, -0.15) is 0 Å². The van der Waals surface area contributed by atoms with E-state index < -0.39 is 6.10 Å². The summed E-state index contributed by atoms with van der Waals surface area (Å²) in [6.07, 6.45) is -0.651. The summed E-state index contributed by atoms with van der Waals surface area (Å²) in [5.74, 6) is -0.516. The summed E-state index contributed by atoms with van der Waals surface area (Å²) in [4.78, 5) is 24.8. The van der Waals surface area contributed by atoms with Crippen LogP contribution in [0.5, 0.6) is 0 Å². The number of hydrogen-bond donors (Lipinski definition) is 2. The third kappa shape index (κ3) is 5.70. The van der Waals surface area contributed by atoms with Crippen molar-refractivity contribution in [1.82, 2.24) is 5.32 Å². The van der Waals surface area contributed by atoms with E-state index in [0.717, 1.165) is 11.1 Å². The van der Waals surface area contributed by atoms with Crippen LogP contribution in [0.4, 0.5) is 5.69 Å². The summed E-state index contributed by atoms with van der Waals surface area (Å²) in [6.45, 7) is 7.87. The second-order valence-corrected chi connectivity index (χ2v) is 6.53. The average molecular weight is 354 g/mol. The number of aryl methyl sites for hydroxylation is 1.